The third-order valence-electron chi connectivity index (χ3n) is 3.50. The van der Waals surface area contributed by atoms with Crippen LogP contribution in [0, 0.1) is 6.92 Å². The van der Waals surface area contributed by atoms with Gasteiger partial charge in [-0.2, -0.15) is 0 Å². The summed E-state index contributed by atoms with van der Waals surface area (Å²) in [5.41, 5.74) is 1.85. The zero-order valence-corrected chi connectivity index (χ0v) is 12.5. The molecule has 0 radical (unpaired) electrons. The first kappa shape index (κ1) is 13.6. The molecule has 4 heteroatoms. The second kappa shape index (κ2) is 5.85. The highest BCUT2D eigenvalue weighted by atomic mass is 79.9. The molecule has 0 aliphatic carbocycles. The van der Waals surface area contributed by atoms with Crippen molar-refractivity contribution in [3.63, 3.8) is 0 Å². The number of nitrogens with one attached hydrogen (secondary N) is 1. The van der Waals surface area contributed by atoms with Crippen LogP contribution in [0.15, 0.2) is 22.7 Å². The van der Waals surface area contributed by atoms with Crippen molar-refractivity contribution in [1.82, 2.24) is 10.2 Å². The summed E-state index contributed by atoms with van der Waals surface area (Å²) in [7, 11) is 1.94. The van der Waals surface area contributed by atoms with Crippen molar-refractivity contribution in [2.45, 2.75) is 25.8 Å². The van der Waals surface area contributed by atoms with Crippen molar-refractivity contribution in [1.29, 1.82) is 0 Å². The minimum Gasteiger partial charge on any atom is -0.334 e. The van der Waals surface area contributed by atoms with E-state index >= 15 is 0 Å². The van der Waals surface area contributed by atoms with Gasteiger partial charge in [-0.3, -0.25) is 4.79 Å². The van der Waals surface area contributed by atoms with Gasteiger partial charge in [0.15, 0.2) is 0 Å². The standard InChI is InChI=1S/C14H19BrN2O/c1-10-8-11(15)5-6-13(10)14(18)17-7-3-4-12(17)9-16-2/h5-6,8,12,16H,3-4,7,9H2,1-2H3. The second-order valence-electron chi connectivity index (χ2n) is 4.81. The predicted octanol–water partition coefficient (Wildman–Crippen LogP) is 2.58. The molecular formula is C14H19BrN2O. The Hall–Kier alpha value is -0.870. The fraction of sp³-hybridized carbons (Fsp3) is 0.500. The number of aryl methyl sites for hydroxylation is 1. The summed E-state index contributed by atoms with van der Waals surface area (Å²) in [6.07, 6.45) is 2.20. The fourth-order valence-corrected chi connectivity index (χ4v) is 3.05. The molecule has 1 saturated heterocycles. The van der Waals surface area contributed by atoms with Gasteiger partial charge in [0.05, 0.1) is 0 Å². The van der Waals surface area contributed by atoms with Gasteiger partial charge in [-0.25, -0.2) is 0 Å². The summed E-state index contributed by atoms with van der Waals surface area (Å²) >= 11 is 3.43. The first-order valence-electron chi connectivity index (χ1n) is 6.35. The molecule has 1 aromatic carbocycles. The summed E-state index contributed by atoms with van der Waals surface area (Å²) in [6, 6.07) is 6.18. The molecule has 1 aliphatic heterocycles. The van der Waals surface area contributed by atoms with Crippen molar-refractivity contribution < 1.29 is 4.79 Å². The van der Waals surface area contributed by atoms with E-state index in [1.807, 2.05) is 37.1 Å². The average Bonchev–Trinajstić information content (AvgIpc) is 2.77. The van der Waals surface area contributed by atoms with Crippen LogP contribution in [0.4, 0.5) is 0 Å². The van der Waals surface area contributed by atoms with E-state index in [1.165, 1.54) is 0 Å². The van der Waals surface area contributed by atoms with Gasteiger partial charge in [-0.15, -0.1) is 0 Å². The maximum atomic E-state index is 12.5. The van der Waals surface area contributed by atoms with E-state index in [2.05, 4.69) is 21.2 Å². The van der Waals surface area contributed by atoms with Gasteiger partial charge >= 0.3 is 0 Å². The number of benzene rings is 1. The second-order valence-corrected chi connectivity index (χ2v) is 5.73. The molecule has 3 nitrogen and oxygen atoms in total. The van der Waals surface area contributed by atoms with Crippen LogP contribution in [0.2, 0.25) is 0 Å². The van der Waals surface area contributed by atoms with Crippen LogP contribution in [0.3, 0.4) is 0 Å². The van der Waals surface area contributed by atoms with Crippen molar-refractivity contribution in [2.75, 3.05) is 20.1 Å². The molecule has 1 N–H and O–H groups in total. The molecule has 1 aliphatic rings. The smallest absolute Gasteiger partial charge is 0.254 e. The van der Waals surface area contributed by atoms with Gasteiger partial charge < -0.3 is 10.2 Å². The maximum absolute atomic E-state index is 12.5. The van der Waals surface area contributed by atoms with Gasteiger partial charge in [0, 0.05) is 29.2 Å². The highest BCUT2D eigenvalue weighted by Crippen LogP contribution is 2.23. The molecule has 98 valence electrons. The van der Waals surface area contributed by atoms with Crippen LogP contribution in [0.1, 0.15) is 28.8 Å². The van der Waals surface area contributed by atoms with Crippen molar-refractivity contribution in [3.05, 3.63) is 33.8 Å². The quantitative estimate of drug-likeness (QED) is 0.930. The van der Waals surface area contributed by atoms with Crippen LogP contribution < -0.4 is 5.32 Å². The average molecular weight is 311 g/mol. The molecule has 0 aromatic heterocycles. The van der Waals surface area contributed by atoms with E-state index in [4.69, 9.17) is 0 Å². The van der Waals surface area contributed by atoms with E-state index in [9.17, 15) is 4.79 Å². The fourth-order valence-electron chi connectivity index (χ4n) is 2.57. The van der Waals surface area contributed by atoms with Crippen LogP contribution in [-0.4, -0.2) is 37.0 Å². The Bertz CT molecular complexity index is 447. The van der Waals surface area contributed by atoms with E-state index in [0.29, 0.717) is 6.04 Å². The number of hydrogen-bond acceptors (Lipinski definition) is 2. The van der Waals surface area contributed by atoms with Crippen LogP contribution in [0.5, 0.6) is 0 Å². The lowest BCUT2D eigenvalue weighted by molar-refractivity contribution is 0.0736. The van der Waals surface area contributed by atoms with E-state index in [0.717, 1.165) is 41.5 Å². The number of likely N-dealkylation sites (N-methyl/N-ethyl adjacent to an activating group) is 1. The van der Waals surface area contributed by atoms with Crippen LogP contribution in [-0.2, 0) is 0 Å². The zero-order chi connectivity index (χ0) is 13.1. The summed E-state index contributed by atoms with van der Waals surface area (Å²) in [5.74, 6) is 0.165. The van der Waals surface area contributed by atoms with Gasteiger partial charge in [0.1, 0.15) is 0 Å². The van der Waals surface area contributed by atoms with E-state index in [1.54, 1.807) is 0 Å². The molecule has 1 fully saturated rings. The molecule has 0 spiro atoms. The molecule has 1 amide bonds. The maximum Gasteiger partial charge on any atom is 0.254 e. The minimum absolute atomic E-state index is 0.165. The molecule has 2 rings (SSSR count). The molecule has 0 saturated carbocycles. The van der Waals surface area contributed by atoms with Crippen LogP contribution in [0.25, 0.3) is 0 Å². The number of hydrogen-bond donors (Lipinski definition) is 1. The number of halogens is 1. The van der Waals surface area contributed by atoms with Gasteiger partial charge in [-0.1, -0.05) is 15.9 Å². The normalized spacial score (nSPS) is 19.3. The number of carbonyl (C=O) groups excluding carboxylic acids is 1. The Kier molecular flexibility index (Phi) is 4.40. The minimum atomic E-state index is 0.165. The first-order chi connectivity index (χ1) is 8.63. The lowest BCUT2D eigenvalue weighted by Crippen LogP contribution is -2.41. The Morgan fingerprint density at radius 3 is 3.00 bits per heavy atom. The monoisotopic (exact) mass is 310 g/mol. The largest absolute Gasteiger partial charge is 0.334 e. The van der Waals surface area contributed by atoms with Crippen molar-refractivity contribution in [3.8, 4) is 0 Å². The lowest BCUT2D eigenvalue weighted by Gasteiger charge is -2.25. The summed E-state index contributed by atoms with van der Waals surface area (Å²) in [5, 5.41) is 3.17. The van der Waals surface area contributed by atoms with E-state index < -0.39 is 0 Å². The van der Waals surface area contributed by atoms with Crippen molar-refractivity contribution >= 4 is 21.8 Å². The SMILES string of the molecule is CNCC1CCCN1C(=O)c1ccc(Br)cc1C. The zero-order valence-electron chi connectivity index (χ0n) is 10.9. The predicted molar refractivity (Wildman–Crippen MR) is 76.9 cm³/mol. The molecule has 1 unspecified atom stereocenters. The summed E-state index contributed by atoms with van der Waals surface area (Å²) in [4.78, 5) is 14.6. The highest BCUT2D eigenvalue weighted by molar-refractivity contribution is 9.10. The Balaban J connectivity index is 2.20. The van der Waals surface area contributed by atoms with Gasteiger partial charge in [0.25, 0.3) is 5.91 Å². The third kappa shape index (κ3) is 2.75. The topological polar surface area (TPSA) is 32.3 Å². The Morgan fingerprint density at radius 1 is 1.56 bits per heavy atom. The van der Waals surface area contributed by atoms with Crippen LogP contribution >= 0.6 is 15.9 Å². The van der Waals surface area contributed by atoms with Crippen molar-refractivity contribution in [2.24, 2.45) is 0 Å². The Morgan fingerprint density at radius 2 is 2.33 bits per heavy atom. The third-order valence-corrected chi connectivity index (χ3v) is 3.99. The number of rotatable bonds is 3. The molecule has 18 heavy (non-hydrogen) atoms. The molecule has 0 bridgehead atoms. The first-order valence-corrected chi connectivity index (χ1v) is 7.14. The molecular weight excluding hydrogens is 292 g/mol. The summed E-state index contributed by atoms with van der Waals surface area (Å²) in [6.45, 7) is 3.74. The van der Waals surface area contributed by atoms with E-state index in [-0.39, 0.29) is 5.91 Å². The summed E-state index contributed by atoms with van der Waals surface area (Å²) < 4.78 is 1.02. The van der Waals surface area contributed by atoms with Gasteiger partial charge in [-0.05, 0) is 50.6 Å². The molecule has 1 atom stereocenters. The lowest BCUT2D eigenvalue weighted by atomic mass is 10.1. The number of carbonyl (C=O) groups is 1. The number of likely N-dealkylation sites (tertiary alicyclic amines) is 1. The molecule has 1 heterocycles. The number of amides is 1. The van der Waals surface area contributed by atoms with Gasteiger partial charge in [0.2, 0.25) is 0 Å². The molecule has 1 aromatic rings. The Labute approximate surface area is 117 Å². The highest BCUT2D eigenvalue weighted by Gasteiger charge is 2.29. The number of nitrogens with zero attached hydrogens (tertiary/aromatic N) is 1.